The molecule has 3 unspecified atom stereocenters. The summed E-state index contributed by atoms with van der Waals surface area (Å²) in [6.07, 6.45) is -1.88. The molecule has 0 bridgehead atoms. The number of hydrogen-bond acceptors (Lipinski definition) is 6. The molecule has 0 amide bonds. The van der Waals surface area contributed by atoms with Crippen LogP contribution in [0.3, 0.4) is 0 Å². The molecule has 1 saturated heterocycles. The molecule has 1 heterocycles. The Hall–Kier alpha value is -0.690. The molecule has 0 aromatic rings. The zero-order valence-corrected chi connectivity index (χ0v) is 9.54. The summed E-state index contributed by atoms with van der Waals surface area (Å²) in [6, 6.07) is -0.407. The van der Waals surface area contributed by atoms with Crippen LogP contribution in [0.15, 0.2) is 0 Å². The molecule has 1 aliphatic rings. The van der Waals surface area contributed by atoms with Gasteiger partial charge in [-0.2, -0.15) is 0 Å². The third-order valence-electron chi connectivity index (χ3n) is 2.59. The summed E-state index contributed by atoms with van der Waals surface area (Å²) < 4.78 is 4.82. The Morgan fingerprint density at radius 1 is 1.56 bits per heavy atom. The molecule has 6 heteroatoms. The van der Waals surface area contributed by atoms with Crippen LogP contribution >= 0.6 is 0 Å². The SMILES string of the molecule is CC1CN1[C@H](C(=O)OCC(O)CO)[C@@H](C)O. The molecule has 6 nitrogen and oxygen atoms in total. The Kier molecular flexibility index (Phi) is 4.67. The van der Waals surface area contributed by atoms with Crippen molar-refractivity contribution in [2.24, 2.45) is 0 Å². The van der Waals surface area contributed by atoms with Crippen LogP contribution in [-0.2, 0) is 9.53 Å². The van der Waals surface area contributed by atoms with E-state index in [1.807, 2.05) is 11.8 Å². The van der Waals surface area contributed by atoms with Crippen molar-refractivity contribution in [3.8, 4) is 0 Å². The minimum Gasteiger partial charge on any atom is -0.462 e. The summed E-state index contributed by atoms with van der Waals surface area (Å²) in [4.78, 5) is 13.4. The van der Waals surface area contributed by atoms with Crippen LogP contribution in [-0.4, -0.2) is 70.2 Å². The predicted octanol–water partition coefficient (Wildman–Crippen LogP) is -1.66. The monoisotopic (exact) mass is 233 g/mol. The number of hydrogen-bond donors (Lipinski definition) is 3. The van der Waals surface area contributed by atoms with Gasteiger partial charge in [-0.05, 0) is 13.8 Å². The topological polar surface area (TPSA) is 90.0 Å². The highest BCUT2D eigenvalue weighted by atomic mass is 16.5. The third kappa shape index (κ3) is 3.41. The van der Waals surface area contributed by atoms with E-state index in [1.165, 1.54) is 6.92 Å². The van der Waals surface area contributed by atoms with Crippen LogP contribution in [0.4, 0.5) is 0 Å². The maximum Gasteiger partial charge on any atom is 0.326 e. The quantitative estimate of drug-likeness (QED) is 0.376. The maximum absolute atomic E-state index is 11.6. The van der Waals surface area contributed by atoms with E-state index in [4.69, 9.17) is 14.9 Å². The number of aliphatic hydroxyl groups is 3. The van der Waals surface area contributed by atoms with Gasteiger partial charge in [0.15, 0.2) is 0 Å². The molecule has 3 N–H and O–H groups in total. The van der Waals surface area contributed by atoms with Crippen molar-refractivity contribution in [3.05, 3.63) is 0 Å². The molecule has 5 atom stereocenters. The van der Waals surface area contributed by atoms with Crippen LogP contribution in [0, 0.1) is 0 Å². The number of rotatable bonds is 6. The summed E-state index contributed by atoms with van der Waals surface area (Å²) in [7, 11) is 0. The Bertz CT molecular complexity index is 245. The first kappa shape index (κ1) is 13.4. The number of carbonyl (C=O) groups is 1. The average molecular weight is 233 g/mol. The van der Waals surface area contributed by atoms with Gasteiger partial charge >= 0.3 is 5.97 Å². The van der Waals surface area contributed by atoms with E-state index in [9.17, 15) is 9.90 Å². The van der Waals surface area contributed by atoms with Crippen molar-refractivity contribution >= 4 is 5.97 Å². The fraction of sp³-hybridized carbons (Fsp3) is 0.900. The average Bonchev–Trinajstić information content (AvgIpc) is 2.91. The molecule has 0 saturated carbocycles. The largest absolute Gasteiger partial charge is 0.462 e. The lowest BCUT2D eigenvalue weighted by Crippen LogP contribution is -2.42. The predicted molar refractivity (Wildman–Crippen MR) is 55.7 cm³/mol. The van der Waals surface area contributed by atoms with E-state index in [2.05, 4.69) is 0 Å². The highest BCUT2D eigenvalue weighted by molar-refractivity contribution is 5.77. The first-order valence-electron chi connectivity index (χ1n) is 5.36. The van der Waals surface area contributed by atoms with E-state index in [0.717, 1.165) is 6.54 Å². The molecule has 1 rings (SSSR count). The van der Waals surface area contributed by atoms with Crippen LogP contribution in [0.1, 0.15) is 13.8 Å². The molecule has 0 aromatic carbocycles. The molecule has 0 aromatic heterocycles. The zero-order chi connectivity index (χ0) is 12.3. The van der Waals surface area contributed by atoms with Crippen molar-refractivity contribution in [2.45, 2.75) is 38.1 Å². The van der Waals surface area contributed by atoms with Crippen LogP contribution < -0.4 is 0 Å². The second kappa shape index (κ2) is 5.58. The molecule has 0 spiro atoms. The molecular weight excluding hydrogens is 214 g/mol. The van der Waals surface area contributed by atoms with Crippen LogP contribution in [0.25, 0.3) is 0 Å². The third-order valence-corrected chi connectivity index (χ3v) is 2.59. The van der Waals surface area contributed by atoms with Crippen molar-refractivity contribution < 1.29 is 24.9 Å². The van der Waals surface area contributed by atoms with E-state index in [0.29, 0.717) is 0 Å². The number of carbonyl (C=O) groups excluding carboxylic acids is 1. The summed E-state index contributed by atoms with van der Waals surface area (Å²) >= 11 is 0. The van der Waals surface area contributed by atoms with Gasteiger partial charge in [-0.3, -0.25) is 9.69 Å². The fourth-order valence-corrected chi connectivity index (χ4v) is 1.57. The molecule has 0 radical (unpaired) electrons. The normalized spacial score (nSPS) is 29.3. The Balaban J connectivity index is 2.42. The number of nitrogens with zero attached hydrogens (tertiary/aromatic N) is 1. The summed E-state index contributed by atoms with van der Waals surface area (Å²) in [5, 5.41) is 27.1. The lowest BCUT2D eigenvalue weighted by molar-refractivity contribution is -0.155. The lowest BCUT2D eigenvalue weighted by Gasteiger charge is -2.20. The summed E-state index contributed by atoms with van der Waals surface area (Å²) in [5.74, 6) is -0.563. The van der Waals surface area contributed by atoms with E-state index in [-0.39, 0.29) is 12.6 Å². The highest BCUT2D eigenvalue weighted by Crippen LogP contribution is 2.23. The molecule has 1 aliphatic heterocycles. The summed E-state index contributed by atoms with van der Waals surface area (Å²) in [6.45, 7) is 3.53. The van der Waals surface area contributed by atoms with E-state index in [1.54, 1.807) is 0 Å². The van der Waals surface area contributed by atoms with Gasteiger partial charge in [0, 0.05) is 12.6 Å². The Morgan fingerprint density at radius 3 is 2.50 bits per heavy atom. The number of ether oxygens (including phenoxy) is 1. The van der Waals surface area contributed by atoms with Crippen molar-refractivity contribution in [3.63, 3.8) is 0 Å². The van der Waals surface area contributed by atoms with Crippen molar-refractivity contribution in [1.82, 2.24) is 4.90 Å². The van der Waals surface area contributed by atoms with Crippen molar-refractivity contribution in [1.29, 1.82) is 0 Å². The van der Waals surface area contributed by atoms with E-state index >= 15 is 0 Å². The van der Waals surface area contributed by atoms with Gasteiger partial charge in [0.2, 0.25) is 0 Å². The van der Waals surface area contributed by atoms with Crippen LogP contribution in [0.2, 0.25) is 0 Å². The molecule has 1 fully saturated rings. The van der Waals surface area contributed by atoms with Crippen LogP contribution in [0.5, 0.6) is 0 Å². The number of esters is 1. The number of aliphatic hydroxyl groups excluding tert-OH is 3. The highest BCUT2D eigenvalue weighted by Gasteiger charge is 2.43. The Morgan fingerprint density at radius 2 is 2.12 bits per heavy atom. The van der Waals surface area contributed by atoms with Gasteiger partial charge in [-0.25, -0.2) is 0 Å². The van der Waals surface area contributed by atoms with Gasteiger partial charge in [0.05, 0.1) is 12.7 Å². The minimum absolute atomic E-state index is 0.249. The summed E-state index contributed by atoms with van der Waals surface area (Å²) in [5.41, 5.74) is 0. The first-order chi connectivity index (χ1) is 7.47. The van der Waals surface area contributed by atoms with Gasteiger partial charge in [0.1, 0.15) is 18.8 Å². The van der Waals surface area contributed by atoms with Crippen molar-refractivity contribution in [2.75, 3.05) is 19.8 Å². The van der Waals surface area contributed by atoms with Gasteiger partial charge in [0.25, 0.3) is 0 Å². The molecular formula is C10H19NO5. The minimum atomic E-state index is -1.06. The molecule has 94 valence electrons. The second-order valence-corrected chi connectivity index (χ2v) is 4.20. The smallest absolute Gasteiger partial charge is 0.326 e. The maximum atomic E-state index is 11.6. The molecule has 16 heavy (non-hydrogen) atoms. The van der Waals surface area contributed by atoms with E-state index < -0.39 is 30.8 Å². The van der Waals surface area contributed by atoms with Gasteiger partial charge in [-0.1, -0.05) is 0 Å². The zero-order valence-electron chi connectivity index (χ0n) is 9.54. The molecule has 0 aliphatic carbocycles. The Labute approximate surface area is 94.4 Å². The first-order valence-corrected chi connectivity index (χ1v) is 5.36. The van der Waals surface area contributed by atoms with Gasteiger partial charge in [-0.15, -0.1) is 0 Å². The fourth-order valence-electron chi connectivity index (χ4n) is 1.57. The standard InChI is InChI=1S/C10H19NO5/c1-6-3-11(6)9(7(2)13)10(15)16-5-8(14)4-12/h6-9,12-14H,3-5H2,1-2H3/t6?,7-,8?,9+,11?/m1/s1. The lowest BCUT2D eigenvalue weighted by atomic mass is 10.2. The van der Waals surface area contributed by atoms with Gasteiger partial charge < -0.3 is 20.1 Å². The second-order valence-electron chi connectivity index (χ2n) is 4.20.